The summed E-state index contributed by atoms with van der Waals surface area (Å²) in [6.45, 7) is 1.07. The van der Waals surface area contributed by atoms with Gasteiger partial charge in [0.2, 0.25) is 0 Å². The van der Waals surface area contributed by atoms with Crippen molar-refractivity contribution >= 4 is 11.7 Å². The number of carboxylic acid groups (broad SMARTS) is 1. The van der Waals surface area contributed by atoms with E-state index in [-0.39, 0.29) is 0 Å². The van der Waals surface area contributed by atoms with Crippen molar-refractivity contribution in [2.45, 2.75) is 37.5 Å². The summed E-state index contributed by atoms with van der Waals surface area (Å²) in [5.41, 5.74) is 2.97. The van der Waals surface area contributed by atoms with Gasteiger partial charge in [0.15, 0.2) is 0 Å². The van der Waals surface area contributed by atoms with Crippen LogP contribution in [0.2, 0.25) is 0 Å². The molecule has 1 aromatic carbocycles. The summed E-state index contributed by atoms with van der Waals surface area (Å²) in [5, 5.41) is 9.49. The molecule has 96 valence electrons. The number of aryl methyl sites for hydroxylation is 1. The van der Waals surface area contributed by atoms with E-state index in [4.69, 9.17) is 0 Å². The van der Waals surface area contributed by atoms with E-state index >= 15 is 0 Å². The molecule has 0 unspecified atom stereocenters. The Labute approximate surface area is 107 Å². The highest BCUT2D eigenvalue weighted by molar-refractivity contribution is 5.83. The molecule has 1 aliphatic carbocycles. The Morgan fingerprint density at radius 2 is 2.11 bits per heavy atom. The molecule has 1 fully saturated rings. The van der Waals surface area contributed by atoms with Crippen LogP contribution in [0.4, 0.5) is 5.69 Å². The van der Waals surface area contributed by atoms with E-state index in [2.05, 4.69) is 24.1 Å². The summed E-state index contributed by atoms with van der Waals surface area (Å²) < 4.78 is 0. The van der Waals surface area contributed by atoms with E-state index in [1.807, 2.05) is 6.07 Å². The summed E-state index contributed by atoms with van der Waals surface area (Å²) in [5.74, 6) is -0.660. The first-order valence-corrected chi connectivity index (χ1v) is 6.71. The Morgan fingerprint density at radius 3 is 2.72 bits per heavy atom. The molecule has 1 aliphatic heterocycles. The van der Waals surface area contributed by atoms with Crippen molar-refractivity contribution < 1.29 is 9.90 Å². The maximum atomic E-state index is 11.5. The lowest BCUT2D eigenvalue weighted by Gasteiger charge is -2.39. The number of hydrogen-bond acceptors (Lipinski definition) is 2. The third-order valence-corrected chi connectivity index (χ3v) is 4.61. The molecule has 1 heterocycles. The van der Waals surface area contributed by atoms with E-state index in [1.165, 1.54) is 17.7 Å². The third kappa shape index (κ3) is 1.53. The van der Waals surface area contributed by atoms with Crippen molar-refractivity contribution in [1.29, 1.82) is 0 Å². The molecular formula is C15H19NO2. The average Bonchev–Trinajstić information content (AvgIpc) is 2.28. The number of rotatable bonds is 2. The largest absolute Gasteiger partial charge is 0.481 e. The highest BCUT2D eigenvalue weighted by Gasteiger charge is 2.46. The van der Waals surface area contributed by atoms with E-state index < -0.39 is 11.4 Å². The summed E-state index contributed by atoms with van der Waals surface area (Å²) in [7, 11) is 2.09. The number of benzene rings is 1. The van der Waals surface area contributed by atoms with Crippen molar-refractivity contribution in [3.63, 3.8) is 0 Å². The van der Waals surface area contributed by atoms with Crippen molar-refractivity contribution in [2.75, 3.05) is 18.5 Å². The minimum Gasteiger partial charge on any atom is -0.481 e. The Morgan fingerprint density at radius 1 is 1.33 bits per heavy atom. The summed E-state index contributed by atoms with van der Waals surface area (Å²) in [6.07, 6.45) is 4.89. The topological polar surface area (TPSA) is 40.5 Å². The fourth-order valence-corrected chi connectivity index (χ4v) is 3.21. The third-order valence-electron chi connectivity index (χ3n) is 4.61. The van der Waals surface area contributed by atoms with Crippen LogP contribution in [0.1, 0.15) is 36.8 Å². The van der Waals surface area contributed by atoms with Crippen LogP contribution >= 0.6 is 0 Å². The highest BCUT2D eigenvalue weighted by Crippen LogP contribution is 2.45. The van der Waals surface area contributed by atoms with E-state index in [0.717, 1.165) is 37.8 Å². The molecule has 18 heavy (non-hydrogen) atoms. The second kappa shape index (κ2) is 4.01. The van der Waals surface area contributed by atoms with Crippen molar-refractivity contribution in [1.82, 2.24) is 0 Å². The van der Waals surface area contributed by atoms with Crippen LogP contribution < -0.4 is 4.90 Å². The Hall–Kier alpha value is -1.51. The normalized spacial score (nSPS) is 21.1. The van der Waals surface area contributed by atoms with Gasteiger partial charge < -0.3 is 10.0 Å². The molecule has 1 aromatic rings. The number of nitrogens with zero attached hydrogens (tertiary/aromatic N) is 1. The molecular weight excluding hydrogens is 226 g/mol. The van der Waals surface area contributed by atoms with Crippen molar-refractivity contribution in [2.24, 2.45) is 0 Å². The molecule has 0 atom stereocenters. The number of carboxylic acids is 1. The second-order valence-electron chi connectivity index (χ2n) is 5.61. The van der Waals surface area contributed by atoms with Gasteiger partial charge in [-0.1, -0.05) is 18.6 Å². The minimum absolute atomic E-state index is 0.604. The first kappa shape index (κ1) is 11.6. The highest BCUT2D eigenvalue weighted by atomic mass is 16.4. The van der Waals surface area contributed by atoms with Crippen LogP contribution in [-0.4, -0.2) is 24.7 Å². The summed E-state index contributed by atoms with van der Waals surface area (Å²) in [4.78, 5) is 13.8. The van der Waals surface area contributed by atoms with Crippen LogP contribution in [0.3, 0.4) is 0 Å². The predicted octanol–water partition coefficient (Wildman–Crippen LogP) is 2.58. The van der Waals surface area contributed by atoms with Gasteiger partial charge in [0.05, 0.1) is 5.41 Å². The van der Waals surface area contributed by atoms with Crippen molar-refractivity contribution in [3.8, 4) is 0 Å². The monoisotopic (exact) mass is 245 g/mol. The molecule has 1 N–H and O–H groups in total. The number of anilines is 1. The molecule has 0 aromatic heterocycles. The fourth-order valence-electron chi connectivity index (χ4n) is 3.21. The van der Waals surface area contributed by atoms with Gasteiger partial charge in [0.1, 0.15) is 0 Å². The molecule has 3 heteroatoms. The lowest BCUT2D eigenvalue weighted by Crippen LogP contribution is -2.42. The zero-order valence-corrected chi connectivity index (χ0v) is 10.8. The number of carbonyl (C=O) groups is 1. The number of hydrogen-bond donors (Lipinski definition) is 1. The molecule has 0 saturated heterocycles. The van der Waals surface area contributed by atoms with Gasteiger partial charge in [-0.2, -0.15) is 0 Å². The van der Waals surface area contributed by atoms with Crippen LogP contribution in [-0.2, 0) is 16.6 Å². The molecule has 3 nitrogen and oxygen atoms in total. The van der Waals surface area contributed by atoms with Gasteiger partial charge in [0, 0.05) is 19.3 Å². The zero-order valence-electron chi connectivity index (χ0n) is 10.8. The van der Waals surface area contributed by atoms with E-state index in [9.17, 15) is 9.90 Å². The van der Waals surface area contributed by atoms with Crippen molar-refractivity contribution in [3.05, 3.63) is 29.3 Å². The molecule has 2 aliphatic rings. The summed E-state index contributed by atoms with van der Waals surface area (Å²) >= 11 is 0. The Kier molecular flexibility index (Phi) is 2.58. The van der Waals surface area contributed by atoms with Crippen LogP contribution in [0, 0.1) is 0 Å². The van der Waals surface area contributed by atoms with E-state index in [1.54, 1.807) is 0 Å². The quantitative estimate of drug-likeness (QED) is 0.870. The van der Waals surface area contributed by atoms with Crippen LogP contribution in [0.15, 0.2) is 18.2 Å². The summed E-state index contributed by atoms with van der Waals surface area (Å²) in [6, 6.07) is 6.27. The fraction of sp³-hybridized carbons (Fsp3) is 0.533. The maximum absolute atomic E-state index is 11.5. The van der Waals surface area contributed by atoms with Gasteiger partial charge in [-0.25, -0.2) is 0 Å². The van der Waals surface area contributed by atoms with Gasteiger partial charge >= 0.3 is 5.97 Å². The second-order valence-corrected chi connectivity index (χ2v) is 5.61. The molecule has 1 saturated carbocycles. The Bertz CT molecular complexity index is 491. The first-order chi connectivity index (χ1) is 8.63. The molecule has 0 amide bonds. The van der Waals surface area contributed by atoms with Gasteiger partial charge in [-0.15, -0.1) is 0 Å². The molecule has 0 radical (unpaired) electrons. The van der Waals surface area contributed by atoms with Crippen LogP contribution in [0.5, 0.6) is 0 Å². The minimum atomic E-state index is -0.660. The number of fused-ring (bicyclic) bond motifs is 1. The maximum Gasteiger partial charge on any atom is 0.314 e. The lowest BCUT2D eigenvalue weighted by molar-refractivity contribution is -0.147. The number of aliphatic carboxylic acids is 1. The van der Waals surface area contributed by atoms with Crippen LogP contribution in [0.25, 0.3) is 0 Å². The zero-order chi connectivity index (χ0) is 12.8. The molecule has 3 rings (SSSR count). The van der Waals surface area contributed by atoms with Gasteiger partial charge in [-0.3, -0.25) is 4.79 Å². The van der Waals surface area contributed by atoms with Gasteiger partial charge in [-0.05, 0) is 42.9 Å². The lowest BCUT2D eigenvalue weighted by atomic mass is 9.64. The predicted molar refractivity (Wildman–Crippen MR) is 71.2 cm³/mol. The van der Waals surface area contributed by atoms with E-state index in [0.29, 0.717) is 0 Å². The SMILES string of the molecule is CN1CCCc2ccc(C3(C(=O)O)CCC3)cc21. The smallest absolute Gasteiger partial charge is 0.314 e. The molecule has 0 spiro atoms. The average molecular weight is 245 g/mol. The standard InChI is InChI=1S/C15H19NO2/c1-16-9-2-4-11-5-6-12(10-13(11)16)15(14(17)18)7-3-8-15/h5-6,10H,2-4,7-9H2,1H3,(H,17,18). The molecule has 0 bridgehead atoms. The van der Waals surface area contributed by atoms with Gasteiger partial charge in [0.25, 0.3) is 0 Å². The first-order valence-electron chi connectivity index (χ1n) is 6.71. The Balaban J connectivity index is 2.04.